The number of sulfonamides is 1. The molecule has 1 N–H and O–H groups in total. The molecule has 0 bridgehead atoms. The van der Waals surface area contributed by atoms with Crippen LogP contribution in [0, 0.1) is 11.6 Å². The second-order valence-electron chi connectivity index (χ2n) is 5.06. The zero-order valence-electron chi connectivity index (χ0n) is 12.5. The Labute approximate surface area is 147 Å². The maximum Gasteiger partial charge on any atom is 0.264 e. The molecule has 25 heavy (non-hydrogen) atoms. The Morgan fingerprint density at radius 2 is 1.76 bits per heavy atom. The van der Waals surface area contributed by atoms with Crippen molar-refractivity contribution in [3.05, 3.63) is 71.0 Å². The number of aromatic nitrogens is 3. The number of benzene rings is 2. The molecule has 130 valence electrons. The molecule has 3 rings (SSSR count). The lowest BCUT2D eigenvalue weighted by Gasteiger charge is -2.05. The highest BCUT2D eigenvalue weighted by Crippen LogP contribution is 2.19. The van der Waals surface area contributed by atoms with Crippen molar-refractivity contribution in [2.45, 2.75) is 11.4 Å². The molecule has 10 heteroatoms. The molecule has 0 unspecified atom stereocenters. The number of anilines is 1. The normalized spacial score (nSPS) is 11.5. The van der Waals surface area contributed by atoms with E-state index in [0.717, 1.165) is 24.3 Å². The molecule has 0 aliphatic rings. The van der Waals surface area contributed by atoms with Crippen LogP contribution >= 0.6 is 11.6 Å². The lowest BCUT2D eigenvalue weighted by molar-refractivity contribution is 0.599. The minimum Gasteiger partial charge on any atom is -0.246 e. The Kier molecular flexibility index (Phi) is 4.69. The predicted octanol–water partition coefficient (Wildman–Crippen LogP) is 3.06. The van der Waals surface area contributed by atoms with E-state index in [2.05, 4.69) is 14.8 Å². The number of rotatable bonds is 5. The third kappa shape index (κ3) is 4.12. The maximum atomic E-state index is 13.0. The Morgan fingerprint density at radius 1 is 1.08 bits per heavy atom. The van der Waals surface area contributed by atoms with Crippen molar-refractivity contribution in [2.75, 3.05) is 4.72 Å². The lowest BCUT2D eigenvalue weighted by Crippen LogP contribution is -2.14. The van der Waals surface area contributed by atoms with Gasteiger partial charge in [0.05, 0.1) is 11.4 Å². The van der Waals surface area contributed by atoms with Crippen LogP contribution in [0.4, 0.5) is 14.7 Å². The zero-order valence-corrected chi connectivity index (χ0v) is 14.1. The van der Waals surface area contributed by atoms with Gasteiger partial charge in [-0.3, -0.25) is 0 Å². The quantitative estimate of drug-likeness (QED) is 0.733. The molecule has 0 aliphatic carbocycles. The Bertz CT molecular complexity index is 1010. The van der Waals surface area contributed by atoms with Gasteiger partial charge in [-0.25, -0.2) is 26.6 Å². The third-order valence-electron chi connectivity index (χ3n) is 3.23. The average Bonchev–Trinajstić information content (AvgIpc) is 2.97. The molecular formula is C15H11ClF2N4O2S. The summed E-state index contributed by atoms with van der Waals surface area (Å²) in [5.41, 5.74) is 0.598. The second-order valence-corrected chi connectivity index (χ2v) is 7.15. The Morgan fingerprint density at radius 3 is 2.44 bits per heavy atom. The van der Waals surface area contributed by atoms with Gasteiger partial charge in [0.2, 0.25) is 0 Å². The minimum atomic E-state index is -3.93. The van der Waals surface area contributed by atoms with E-state index in [1.807, 2.05) is 0 Å². The van der Waals surface area contributed by atoms with E-state index in [-0.39, 0.29) is 22.4 Å². The second kappa shape index (κ2) is 6.77. The Hall–Kier alpha value is -2.52. The molecule has 0 amide bonds. The van der Waals surface area contributed by atoms with Crippen LogP contribution in [0.15, 0.2) is 53.7 Å². The number of nitrogens with zero attached hydrogens (tertiary/aromatic N) is 3. The van der Waals surface area contributed by atoms with Gasteiger partial charge < -0.3 is 0 Å². The average molecular weight is 385 g/mol. The molecule has 0 atom stereocenters. The van der Waals surface area contributed by atoms with Crippen LogP contribution in [0.2, 0.25) is 5.02 Å². The van der Waals surface area contributed by atoms with Gasteiger partial charge in [-0.1, -0.05) is 17.7 Å². The number of hydrogen-bond donors (Lipinski definition) is 1. The van der Waals surface area contributed by atoms with E-state index in [1.54, 1.807) is 0 Å². The van der Waals surface area contributed by atoms with Gasteiger partial charge in [-0.15, -0.1) is 5.10 Å². The molecule has 0 aliphatic heterocycles. The predicted molar refractivity (Wildman–Crippen MR) is 87.7 cm³/mol. The van der Waals surface area contributed by atoms with Crippen molar-refractivity contribution in [1.29, 1.82) is 0 Å². The summed E-state index contributed by atoms with van der Waals surface area (Å²) in [6.07, 6.45) is 1.31. The van der Waals surface area contributed by atoms with Crippen molar-refractivity contribution >= 4 is 27.6 Å². The first kappa shape index (κ1) is 17.3. The van der Waals surface area contributed by atoms with E-state index in [4.69, 9.17) is 11.6 Å². The molecule has 0 fully saturated rings. The van der Waals surface area contributed by atoms with Crippen molar-refractivity contribution < 1.29 is 17.2 Å². The molecule has 1 aromatic heterocycles. The van der Waals surface area contributed by atoms with Gasteiger partial charge in [0.25, 0.3) is 16.0 Å². The van der Waals surface area contributed by atoms with Crippen LogP contribution in [0.5, 0.6) is 0 Å². The number of hydrogen-bond acceptors (Lipinski definition) is 4. The summed E-state index contributed by atoms with van der Waals surface area (Å²) in [6, 6.07) is 8.28. The van der Waals surface area contributed by atoms with E-state index < -0.39 is 21.7 Å². The first-order valence-electron chi connectivity index (χ1n) is 6.95. The highest BCUT2D eigenvalue weighted by atomic mass is 35.5. The monoisotopic (exact) mass is 384 g/mol. The summed E-state index contributed by atoms with van der Waals surface area (Å²) in [6.45, 7) is 0.185. The van der Waals surface area contributed by atoms with E-state index in [0.29, 0.717) is 5.56 Å². The zero-order chi connectivity index (χ0) is 18.0. The van der Waals surface area contributed by atoms with Crippen LogP contribution in [-0.4, -0.2) is 23.2 Å². The van der Waals surface area contributed by atoms with Gasteiger partial charge in [0.1, 0.15) is 18.0 Å². The summed E-state index contributed by atoms with van der Waals surface area (Å²) in [7, 11) is -3.93. The third-order valence-corrected chi connectivity index (χ3v) is 4.93. The highest BCUT2D eigenvalue weighted by Gasteiger charge is 2.16. The largest absolute Gasteiger partial charge is 0.264 e. The van der Waals surface area contributed by atoms with Crippen LogP contribution in [0.25, 0.3) is 0 Å². The van der Waals surface area contributed by atoms with Crippen LogP contribution in [0.3, 0.4) is 0 Å². The standard InChI is InChI=1S/C15H11ClF2N4O2S/c16-14-7-12(18)2-1-10(14)8-22-9-19-15(20-22)21-25(23,24)13-5-3-11(17)4-6-13/h1-7,9H,8H2,(H,20,21). The fourth-order valence-electron chi connectivity index (χ4n) is 2.03. The van der Waals surface area contributed by atoms with E-state index >= 15 is 0 Å². The molecule has 3 aromatic rings. The molecule has 0 radical (unpaired) electrons. The molecule has 6 nitrogen and oxygen atoms in total. The topological polar surface area (TPSA) is 76.9 Å². The van der Waals surface area contributed by atoms with Crippen LogP contribution < -0.4 is 4.72 Å². The molecule has 0 saturated heterocycles. The summed E-state index contributed by atoms with van der Waals surface area (Å²) in [5.74, 6) is -1.15. The van der Waals surface area contributed by atoms with Crippen molar-refractivity contribution in [2.24, 2.45) is 0 Å². The highest BCUT2D eigenvalue weighted by molar-refractivity contribution is 7.92. The van der Waals surface area contributed by atoms with Crippen molar-refractivity contribution in [3.8, 4) is 0 Å². The van der Waals surface area contributed by atoms with Gasteiger partial charge in [0.15, 0.2) is 0 Å². The van der Waals surface area contributed by atoms with Gasteiger partial charge in [-0.05, 0) is 42.0 Å². The number of nitrogens with one attached hydrogen (secondary N) is 1. The summed E-state index contributed by atoms with van der Waals surface area (Å²) < 4.78 is 53.9. The maximum absolute atomic E-state index is 13.0. The van der Waals surface area contributed by atoms with Gasteiger partial charge >= 0.3 is 0 Å². The summed E-state index contributed by atoms with van der Waals surface area (Å²) in [4.78, 5) is 3.74. The van der Waals surface area contributed by atoms with Gasteiger partial charge in [0, 0.05) is 5.02 Å². The molecule has 0 spiro atoms. The smallest absolute Gasteiger partial charge is 0.246 e. The minimum absolute atomic E-state index is 0.119. The molecular weight excluding hydrogens is 374 g/mol. The first-order valence-corrected chi connectivity index (χ1v) is 8.81. The van der Waals surface area contributed by atoms with Crippen LogP contribution in [-0.2, 0) is 16.6 Å². The van der Waals surface area contributed by atoms with E-state index in [1.165, 1.54) is 29.2 Å². The summed E-state index contributed by atoms with van der Waals surface area (Å²) >= 11 is 5.94. The molecule has 0 saturated carbocycles. The fraction of sp³-hybridized carbons (Fsp3) is 0.0667. The van der Waals surface area contributed by atoms with Crippen molar-refractivity contribution in [1.82, 2.24) is 14.8 Å². The molecule has 2 aromatic carbocycles. The SMILES string of the molecule is O=S(=O)(Nc1ncn(Cc2ccc(F)cc2Cl)n1)c1ccc(F)cc1. The molecule has 1 heterocycles. The van der Waals surface area contributed by atoms with Crippen LogP contribution in [0.1, 0.15) is 5.56 Å². The van der Waals surface area contributed by atoms with Gasteiger partial charge in [-0.2, -0.15) is 4.98 Å². The summed E-state index contributed by atoms with van der Waals surface area (Å²) in [5, 5.41) is 4.21. The fourth-order valence-corrected chi connectivity index (χ4v) is 3.21. The first-order chi connectivity index (χ1) is 11.8. The number of halogens is 3. The van der Waals surface area contributed by atoms with E-state index in [9.17, 15) is 17.2 Å². The Balaban J connectivity index is 1.76. The van der Waals surface area contributed by atoms with Crippen molar-refractivity contribution in [3.63, 3.8) is 0 Å². The lowest BCUT2D eigenvalue weighted by atomic mass is 10.2.